The third kappa shape index (κ3) is 4.69. The minimum Gasteiger partial charge on any atom is -0.289 e. The van der Waals surface area contributed by atoms with Crippen LogP contribution in [-0.4, -0.2) is 16.9 Å². The SMILES string of the molecule is O=C(C=Cc1ccc(C=CC(=O)c2ccc(F)cc2)c(F)c1)NO. The molecule has 0 heterocycles. The molecule has 4 nitrogen and oxygen atoms in total. The lowest BCUT2D eigenvalue weighted by atomic mass is 10.1. The van der Waals surface area contributed by atoms with Gasteiger partial charge in [-0.2, -0.15) is 0 Å². The number of nitrogens with one attached hydrogen (secondary N) is 1. The molecule has 0 unspecified atom stereocenters. The monoisotopic (exact) mass is 329 g/mol. The summed E-state index contributed by atoms with van der Waals surface area (Å²) in [5.41, 5.74) is 2.32. The summed E-state index contributed by atoms with van der Waals surface area (Å²) < 4.78 is 26.8. The second-order valence-electron chi connectivity index (χ2n) is 4.79. The summed E-state index contributed by atoms with van der Waals surface area (Å²) >= 11 is 0. The first-order valence-corrected chi connectivity index (χ1v) is 6.89. The van der Waals surface area contributed by atoms with Crippen molar-refractivity contribution in [2.45, 2.75) is 0 Å². The number of halogens is 2. The van der Waals surface area contributed by atoms with E-state index in [-0.39, 0.29) is 11.3 Å². The molecule has 2 rings (SSSR count). The fourth-order valence-electron chi connectivity index (χ4n) is 1.87. The van der Waals surface area contributed by atoms with Crippen molar-refractivity contribution in [2.75, 3.05) is 0 Å². The minimum absolute atomic E-state index is 0.189. The molecular weight excluding hydrogens is 316 g/mol. The van der Waals surface area contributed by atoms with Gasteiger partial charge in [-0.05, 0) is 54.1 Å². The average Bonchev–Trinajstić information content (AvgIpc) is 2.59. The molecule has 6 heteroatoms. The third-order valence-corrected chi connectivity index (χ3v) is 3.10. The van der Waals surface area contributed by atoms with Crippen molar-refractivity contribution < 1.29 is 23.6 Å². The van der Waals surface area contributed by atoms with E-state index in [0.29, 0.717) is 11.1 Å². The summed E-state index contributed by atoms with van der Waals surface area (Å²) in [7, 11) is 0. The lowest BCUT2D eigenvalue weighted by Gasteiger charge is -2.00. The van der Waals surface area contributed by atoms with E-state index in [9.17, 15) is 18.4 Å². The highest BCUT2D eigenvalue weighted by atomic mass is 19.1. The molecule has 0 bridgehead atoms. The Morgan fingerprint density at radius 2 is 1.67 bits per heavy atom. The van der Waals surface area contributed by atoms with Crippen molar-refractivity contribution >= 4 is 23.8 Å². The van der Waals surface area contributed by atoms with E-state index in [1.807, 2.05) is 0 Å². The van der Waals surface area contributed by atoms with Crippen LogP contribution in [0.5, 0.6) is 0 Å². The van der Waals surface area contributed by atoms with Crippen LogP contribution in [0.3, 0.4) is 0 Å². The van der Waals surface area contributed by atoms with Crippen molar-refractivity contribution in [1.82, 2.24) is 5.48 Å². The molecule has 0 saturated heterocycles. The van der Waals surface area contributed by atoms with Crippen LogP contribution >= 0.6 is 0 Å². The van der Waals surface area contributed by atoms with Crippen molar-refractivity contribution in [3.63, 3.8) is 0 Å². The summed E-state index contributed by atoms with van der Waals surface area (Å²) in [5, 5.41) is 8.36. The maximum absolute atomic E-state index is 14.0. The summed E-state index contributed by atoms with van der Waals surface area (Å²) in [4.78, 5) is 22.8. The Morgan fingerprint density at radius 3 is 2.29 bits per heavy atom. The molecule has 122 valence electrons. The van der Waals surface area contributed by atoms with Gasteiger partial charge in [-0.15, -0.1) is 0 Å². The van der Waals surface area contributed by atoms with Crippen molar-refractivity contribution in [1.29, 1.82) is 0 Å². The molecule has 2 aromatic rings. The molecule has 0 aliphatic carbocycles. The molecule has 0 fully saturated rings. The normalized spacial score (nSPS) is 11.1. The van der Waals surface area contributed by atoms with Gasteiger partial charge in [0, 0.05) is 17.2 Å². The van der Waals surface area contributed by atoms with Crippen molar-refractivity contribution in [3.8, 4) is 0 Å². The Morgan fingerprint density at radius 1 is 0.958 bits per heavy atom. The molecule has 2 aromatic carbocycles. The Bertz CT molecular complexity index is 812. The predicted molar refractivity (Wildman–Crippen MR) is 85.1 cm³/mol. The highest BCUT2D eigenvalue weighted by molar-refractivity contribution is 6.06. The Labute approximate surface area is 136 Å². The van der Waals surface area contributed by atoms with Gasteiger partial charge in [-0.3, -0.25) is 14.8 Å². The molecular formula is C18H13F2NO3. The largest absolute Gasteiger partial charge is 0.289 e. The maximum atomic E-state index is 14.0. The summed E-state index contributed by atoms with van der Waals surface area (Å²) in [5.74, 6) is -2.13. The highest BCUT2D eigenvalue weighted by Crippen LogP contribution is 2.14. The first-order chi connectivity index (χ1) is 11.5. The summed E-state index contributed by atoms with van der Waals surface area (Å²) in [6.07, 6.45) is 4.88. The van der Waals surface area contributed by atoms with E-state index in [4.69, 9.17) is 5.21 Å². The lowest BCUT2D eigenvalue weighted by molar-refractivity contribution is -0.124. The third-order valence-electron chi connectivity index (χ3n) is 3.10. The van der Waals surface area contributed by atoms with E-state index in [0.717, 1.165) is 6.08 Å². The Hall–Kier alpha value is -3.12. The van der Waals surface area contributed by atoms with Crippen LogP contribution in [-0.2, 0) is 4.79 Å². The number of allylic oxidation sites excluding steroid dienone is 1. The van der Waals surface area contributed by atoms with E-state index >= 15 is 0 Å². The molecule has 0 radical (unpaired) electrons. The quantitative estimate of drug-likeness (QED) is 0.382. The van der Waals surface area contributed by atoms with Gasteiger partial charge in [-0.1, -0.05) is 12.1 Å². The first kappa shape index (κ1) is 17.2. The zero-order valence-corrected chi connectivity index (χ0v) is 12.4. The van der Waals surface area contributed by atoms with Crippen LogP contribution in [0.1, 0.15) is 21.5 Å². The second kappa shape index (κ2) is 7.94. The number of carbonyl (C=O) groups is 2. The Balaban J connectivity index is 2.12. The number of hydrogen-bond acceptors (Lipinski definition) is 3. The molecule has 0 saturated carbocycles. The molecule has 24 heavy (non-hydrogen) atoms. The minimum atomic E-state index is -0.732. The molecule has 0 aliphatic rings. The van der Waals surface area contributed by atoms with Crippen molar-refractivity contribution in [3.05, 3.63) is 82.9 Å². The van der Waals surface area contributed by atoms with Crippen molar-refractivity contribution in [2.24, 2.45) is 0 Å². The first-order valence-electron chi connectivity index (χ1n) is 6.89. The van der Waals surface area contributed by atoms with Gasteiger partial charge in [0.1, 0.15) is 11.6 Å². The molecule has 1 amide bonds. The van der Waals surface area contributed by atoms with E-state index in [2.05, 4.69) is 0 Å². The van der Waals surface area contributed by atoms with E-state index < -0.39 is 17.5 Å². The van der Waals surface area contributed by atoms with Gasteiger partial charge in [-0.25, -0.2) is 14.3 Å². The average molecular weight is 329 g/mol. The van der Waals surface area contributed by atoms with Gasteiger partial charge in [0.2, 0.25) is 0 Å². The van der Waals surface area contributed by atoms with Crippen LogP contribution in [0.2, 0.25) is 0 Å². The second-order valence-corrected chi connectivity index (χ2v) is 4.79. The van der Waals surface area contributed by atoms with Gasteiger partial charge in [0.25, 0.3) is 5.91 Å². The fraction of sp³-hybridized carbons (Fsp3) is 0. The number of rotatable bonds is 5. The van der Waals surface area contributed by atoms with Gasteiger partial charge in [0.05, 0.1) is 0 Å². The van der Waals surface area contributed by atoms with Crippen LogP contribution in [0.15, 0.2) is 54.6 Å². The molecule has 0 aliphatic heterocycles. The number of amides is 1. The van der Waals surface area contributed by atoms with Gasteiger partial charge in [0.15, 0.2) is 5.78 Å². The summed E-state index contributed by atoms with van der Waals surface area (Å²) in [6, 6.07) is 9.21. The van der Waals surface area contributed by atoms with E-state index in [1.165, 1.54) is 60.1 Å². The predicted octanol–water partition coefficient (Wildman–Crippen LogP) is 3.38. The zero-order chi connectivity index (χ0) is 17.5. The lowest BCUT2D eigenvalue weighted by Crippen LogP contribution is -2.14. The van der Waals surface area contributed by atoms with Crippen LogP contribution in [0, 0.1) is 11.6 Å². The van der Waals surface area contributed by atoms with E-state index in [1.54, 1.807) is 6.07 Å². The number of ketones is 1. The van der Waals surface area contributed by atoms with Gasteiger partial charge >= 0.3 is 0 Å². The van der Waals surface area contributed by atoms with Crippen LogP contribution in [0.4, 0.5) is 8.78 Å². The smallest absolute Gasteiger partial charge is 0.267 e. The van der Waals surface area contributed by atoms with Crippen LogP contribution < -0.4 is 5.48 Å². The fourth-order valence-corrected chi connectivity index (χ4v) is 1.87. The standard InChI is InChI=1S/C18H13F2NO3/c19-15-7-4-14(5-8-15)17(22)9-6-13-3-1-12(11-16(13)20)2-10-18(23)21-24/h1-11,24H,(H,21,23). The topological polar surface area (TPSA) is 66.4 Å². The van der Waals surface area contributed by atoms with Gasteiger partial charge < -0.3 is 0 Å². The molecule has 2 N–H and O–H groups in total. The number of hydroxylamine groups is 1. The molecule has 0 aromatic heterocycles. The maximum Gasteiger partial charge on any atom is 0.267 e. The zero-order valence-electron chi connectivity index (χ0n) is 12.4. The molecule has 0 spiro atoms. The van der Waals surface area contributed by atoms with Crippen LogP contribution in [0.25, 0.3) is 12.2 Å². The molecule has 0 atom stereocenters. The summed E-state index contributed by atoms with van der Waals surface area (Å²) in [6.45, 7) is 0. The number of benzene rings is 2. The highest BCUT2D eigenvalue weighted by Gasteiger charge is 2.04. The number of hydrogen-bond donors (Lipinski definition) is 2. The number of carbonyl (C=O) groups excluding carboxylic acids is 2. The Kier molecular flexibility index (Phi) is 5.70.